The van der Waals surface area contributed by atoms with E-state index in [9.17, 15) is 9.59 Å². The lowest BCUT2D eigenvalue weighted by Crippen LogP contribution is -2.36. The molecule has 2 heterocycles. The summed E-state index contributed by atoms with van der Waals surface area (Å²) in [6.07, 6.45) is 1.78. The number of aromatic nitrogens is 2. The molecule has 0 bridgehead atoms. The Labute approximate surface area is 163 Å². The van der Waals surface area contributed by atoms with Crippen molar-refractivity contribution in [3.05, 3.63) is 75.7 Å². The fourth-order valence-electron chi connectivity index (χ4n) is 3.87. The summed E-state index contributed by atoms with van der Waals surface area (Å²) in [7, 11) is 1.67. The van der Waals surface area contributed by atoms with Crippen molar-refractivity contribution in [3.63, 3.8) is 0 Å². The number of carbonyl (C=O) groups excluding carboxylic acids is 1. The summed E-state index contributed by atoms with van der Waals surface area (Å²) in [6.45, 7) is 1.30. The zero-order chi connectivity index (χ0) is 19.7. The van der Waals surface area contributed by atoms with Crippen molar-refractivity contribution >= 4 is 16.9 Å². The van der Waals surface area contributed by atoms with Crippen molar-refractivity contribution < 1.29 is 9.90 Å². The van der Waals surface area contributed by atoms with Crippen LogP contribution in [-0.2, 0) is 20.1 Å². The molecule has 6 heteroatoms. The predicted molar refractivity (Wildman–Crippen MR) is 107 cm³/mol. The standard InChI is InChI=1S/C22H23N3O3/c1-24-19-5-3-2-4-18(19)23-20(21(24)27)22(28)25-11-10-17(13-25)12-15-6-8-16(14-26)9-7-15/h2-9,17,26H,10-14H2,1H3/t17-/m0/s1. The van der Waals surface area contributed by atoms with Crippen LogP contribution in [0, 0.1) is 5.92 Å². The summed E-state index contributed by atoms with van der Waals surface area (Å²) >= 11 is 0. The molecule has 144 valence electrons. The molecule has 0 radical (unpaired) electrons. The molecule has 0 spiro atoms. The summed E-state index contributed by atoms with van der Waals surface area (Å²) in [5.41, 5.74) is 3.09. The second-order valence-electron chi connectivity index (χ2n) is 7.40. The van der Waals surface area contributed by atoms with Crippen LogP contribution in [0.1, 0.15) is 28.0 Å². The second-order valence-corrected chi connectivity index (χ2v) is 7.40. The highest BCUT2D eigenvalue weighted by molar-refractivity contribution is 5.94. The number of rotatable bonds is 4. The van der Waals surface area contributed by atoms with Gasteiger partial charge in [0.05, 0.1) is 17.6 Å². The quantitative estimate of drug-likeness (QED) is 0.756. The first-order valence-electron chi connectivity index (χ1n) is 9.50. The predicted octanol–water partition coefficient (Wildman–Crippen LogP) is 2.13. The number of nitrogens with zero attached hydrogens (tertiary/aromatic N) is 3. The molecule has 1 aliphatic rings. The molecule has 1 saturated heterocycles. The molecule has 1 aromatic heterocycles. The summed E-state index contributed by atoms with van der Waals surface area (Å²) in [5.74, 6) is 0.0673. The Bertz CT molecular complexity index is 1070. The van der Waals surface area contributed by atoms with E-state index in [4.69, 9.17) is 5.11 Å². The number of benzene rings is 2. The molecule has 1 fully saturated rings. The van der Waals surface area contributed by atoms with E-state index in [1.165, 1.54) is 10.1 Å². The van der Waals surface area contributed by atoms with Gasteiger partial charge in [-0.05, 0) is 42.0 Å². The van der Waals surface area contributed by atoms with Gasteiger partial charge >= 0.3 is 0 Å². The molecule has 0 unspecified atom stereocenters. The first-order valence-corrected chi connectivity index (χ1v) is 9.50. The lowest BCUT2D eigenvalue weighted by Gasteiger charge is -2.17. The first kappa shape index (κ1) is 18.4. The van der Waals surface area contributed by atoms with Crippen molar-refractivity contribution in [2.24, 2.45) is 13.0 Å². The smallest absolute Gasteiger partial charge is 0.282 e. The van der Waals surface area contributed by atoms with Crippen LogP contribution in [0.3, 0.4) is 0 Å². The zero-order valence-corrected chi connectivity index (χ0v) is 15.8. The van der Waals surface area contributed by atoms with E-state index in [-0.39, 0.29) is 23.8 Å². The van der Waals surface area contributed by atoms with Gasteiger partial charge in [0.25, 0.3) is 11.5 Å². The minimum absolute atomic E-state index is 0.00542. The van der Waals surface area contributed by atoms with Crippen LogP contribution in [0.15, 0.2) is 53.3 Å². The lowest BCUT2D eigenvalue weighted by atomic mass is 9.98. The highest BCUT2D eigenvalue weighted by Gasteiger charge is 2.29. The van der Waals surface area contributed by atoms with Crippen LogP contribution in [0.5, 0.6) is 0 Å². The Kier molecular flexibility index (Phi) is 4.96. The maximum absolute atomic E-state index is 13.0. The van der Waals surface area contributed by atoms with Crippen LogP contribution in [0.2, 0.25) is 0 Å². The monoisotopic (exact) mass is 377 g/mol. The number of aliphatic hydroxyl groups is 1. The summed E-state index contributed by atoms with van der Waals surface area (Å²) in [6, 6.07) is 15.2. The van der Waals surface area contributed by atoms with Gasteiger partial charge in [-0.15, -0.1) is 0 Å². The van der Waals surface area contributed by atoms with Crippen LogP contribution >= 0.6 is 0 Å². The van der Waals surface area contributed by atoms with E-state index in [0.29, 0.717) is 24.5 Å². The van der Waals surface area contributed by atoms with E-state index in [1.54, 1.807) is 11.9 Å². The van der Waals surface area contributed by atoms with Gasteiger partial charge in [-0.25, -0.2) is 4.98 Å². The second kappa shape index (κ2) is 7.56. The van der Waals surface area contributed by atoms with E-state index in [0.717, 1.165) is 23.9 Å². The number of amides is 1. The van der Waals surface area contributed by atoms with Gasteiger partial charge in [-0.2, -0.15) is 0 Å². The van der Waals surface area contributed by atoms with Crippen LogP contribution in [0.25, 0.3) is 11.0 Å². The number of hydrogen-bond donors (Lipinski definition) is 1. The molecule has 1 atom stereocenters. The molecule has 3 aromatic rings. The van der Waals surface area contributed by atoms with Gasteiger partial charge in [0.2, 0.25) is 0 Å². The highest BCUT2D eigenvalue weighted by Crippen LogP contribution is 2.22. The average molecular weight is 377 g/mol. The van der Waals surface area contributed by atoms with Gasteiger partial charge in [-0.1, -0.05) is 36.4 Å². The number of para-hydroxylation sites is 2. The highest BCUT2D eigenvalue weighted by atomic mass is 16.3. The molecule has 1 amide bonds. The summed E-state index contributed by atoms with van der Waals surface area (Å²) in [5, 5.41) is 9.15. The maximum Gasteiger partial charge on any atom is 0.282 e. The third-order valence-corrected chi connectivity index (χ3v) is 5.49. The number of carbonyl (C=O) groups is 1. The van der Waals surface area contributed by atoms with E-state index >= 15 is 0 Å². The van der Waals surface area contributed by atoms with Crippen molar-refractivity contribution in [2.45, 2.75) is 19.4 Å². The molecule has 1 N–H and O–H groups in total. The van der Waals surface area contributed by atoms with E-state index < -0.39 is 0 Å². The Morgan fingerprint density at radius 3 is 2.61 bits per heavy atom. The number of fused-ring (bicyclic) bond motifs is 1. The molecule has 1 aliphatic heterocycles. The van der Waals surface area contributed by atoms with Gasteiger partial charge in [0, 0.05) is 20.1 Å². The molecule has 0 saturated carbocycles. The topological polar surface area (TPSA) is 75.4 Å². The molecular formula is C22H23N3O3. The molecular weight excluding hydrogens is 354 g/mol. The number of likely N-dealkylation sites (tertiary alicyclic amines) is 1. The van der Waals surface area contributed by atoms with E-state index in [1.807, 2.05) is 48.5 Å². The summed E-state index contributed by atoms with van der Waals surface area (Å²) in [4.78, 5) is 31.7. The van der Waals surface area contributed by atoms with Gasteiger partial charge in [-0.3, -0.25) is 9.59 Å². The van der Waals surface area contributed by atoms with Crippen LogP contribution in [0.4, 0.5) is 0 Å². The van der Waals surface area contributed by atoms with Crippen molar-refractivity contribution in [1.29, 1.82) is 0 Å². The van der Waals surface area contributed by atoms with Gasteiger partial charge in [0.1, 0.15) is 0 Å². The number of hydrogen-bond acceptors (Lipinski definition) is 4. The molecule has 28 heavy (non-hydrogen) atoms. The minimum Gasteiger partial charge on any atom is -0.392 e. The third kappa shape index (κ3) is 3.43. The maximum atomic E-state index is 13.0. The SMILES string of the molecule is Cn1c(=O)c(C(=O)N2CC[C@@H](Cc3ccc(CO)cc3)C2)nc2ccccc21. The van der Waals surface area contributed by atoms with Crippen molar-refractivity contribution in [2.75, 3.05) is 13.1 Å². The van der Waals surface area contributed by atoms with Crippen molar-refractivity contribution in [1.82, 2.24) is 14.5 Å². The van der Waals surface area contributed by atoms with Gasteiger partial charge in [0.15, 0.2) is 5.69 Å². The fourth-order valence-corrected chi connectivity index (χ4v) is 3.87. The average Bonchev–Trinajstić information content (AvgIpc) is 3.19. The lowest BCUT2D eigenvalue weighted by molar-refractivity contribution is 0.0779. The molecule has 2 aromatic carbocycles. The molecule has 0 aliphatic carbocycles. The molecule has 6 nitrogen and oxygen atoms in total. The Morgan fingerprint density at radius 1 is 1.14 bits per heavy atom. The Morgan fingerprint density at radius 2 is 1.86 bits per heavy atom. The van der Waals surface area contributed by atoms with Crippen LogP contribution in [-0.4, -0.2) is 38.6 Å². The Hall–Kier alpha value is -2.99. The van der Waals surface area contributed by atoms with Crippen molar-refractivity contribution in [3.8, 4) is 0 Å². The number of aryl methyl sites for hydroxylation is 1. The van der Waals surface area contributed by atoms with Gasteiger partial charge < -0.3 is 14.6 Å². The third-order valence-electron chi connectivity index (χ3n) is 5.49. The van der Waals surface area contributed by atoms with E-state index in [2.05, 4.69) is 4.98 Å². The minimum atomic E-state index is -0.355. The van der Waals surface area contributed by atoms with Crippen LogP contribution < -0.4 is 5.56 Å². The molecule has 4 rings (SSSR count). The summed E-state index contributed by atoms with van der Waals surface area (Å²) < 4.78 is 1.49. The largest absolute Gasteiger partial charge is 0.392 e. The Balaban J connectivity index is 1.51. The number of aliphatic hydroxyl groups excluding tert-OH is 1. The fraction of sp³-hybridized carbons (Fsp3) is 0.318. The normalized spacial score (nSPS) is 16.6. The first-order chi connectivity index (χ1) is 13.6. The zero-order valence-electron chi connectivity index (χ0n) is 15.8.